The summed E-state index contributed by atoms with van der Waals surface area (Å²) in [5.74, 6) is 0.835. The summed E-state index contributed by atoms with van der Waals surface area (Å²) in [7, 11) is 2.68. The number of hydrogen-bond acceptors (Lipinski definition) is 5. The number of benzene rings is 3. The Morgan fingerprint density at radius 2 is 1.72 bits per heavy atom. The van der Waals surface area contributed by atoms with Gasteiger partial charge in [0.05, 0.1) is 7.11 Å². The minimum atomic E-state index is -0.632. The Morgan fingerprint density at radius 3 is 2.38 bits per heavy atom. The summed E-state index contributed by atoms with van der Waals surface area (Å²) in [6.45, 7) is 2.50. The maximum atomic E-state index is 7.00. The van der Waals surface area contributed by atoms with Crippen molar-refractivity contribution in [2.45, 2.75) is 12.5 Å². The molecule has 3 aromatic rings. The van der Waals surface area contributed by atoms with E-state index >= 15 is 0 Å². The quantitative estimate of drug-likeness (QED) is 0.709. The largest absolute Gasteiger partial charge is 0.497 e. The van der Waals surface area contributed by atoms with Crippen molar-refractivity contribution >= 4 is 6.02 Å². The average Bonchev–Trinajstić information content (AvgIpc) is 3.19. The highest BCUT2D eigenvalue weighted by Gasteiger charge is 2.40. The molecule has 1 aliphatic rings. The van der Waals surface area contributed by atoms with Crippen molar-refractivity contribution in [1.29, 1.82) is 0 Å². The van der Waals surface area contributed by atoms with Crippen molar-refractivity contribution in [2.75, 3.05) is 20.8 Å². The Morgan fingerprint density at radius 1 is 0.966 bits per heavy atom. The molecule has 0 saturated heterocycles. The summed E-state index contributed by atoms with van der Waals surface area (Å²) >= 11 is 0. The Bertz CT molecular complexity index is 1000. The van der Waals surface area contributed by atoms with Gasteiger partial charge in [-0.2, -0.15) is 0 Å². The third-order valence-electron chi connectivity index (χ3n) is 5.08. The zero-order valence-corrected chi connectivity index (χ0v) is 16.9. The van der Waals surface area contributed by atoms with Gasteiger partial charge in [-0.15, -0.1) is 0 Å². The highest BCUT2D eigenvalue weighted by molar-refractivity contribution is 5.76. The molecule has 0 amide bonds. The molecule has 0 fully saturated rings. The zero-order valence-electron chi connectivity index (χ0n) is 16.9. The van der Waals surface area contributed by atoms with Crippen LogP contribution in [0.1, 0.15) is 16.7 Å². The molecule has 150 valence electrons. The molecule has 1 atom stereocenters. The highest BCUT2D eigenvalue weighted by atomic mass is 16.5. The second kappa shape index (κ2) is 8.80. The number of nitrogens with two attached hydrogens (primary N) is 1. The van der Waals surface area contributed by atoms with Crippen LogP contribution in [0.25, 0.3) is 11.1 Å². The van der Waals surface area contributed by atoms with Gasteiger partial charge in [-0.25, -0.2) is 4.99 Å². The van der Waals surface area contributed by atoms with Crippen molar-refractivity contribution in [3.63, 3.8) is 0 Å². The van der Waals surface area contributed by atoms with E-state index in [9.17, 15) is 0 Å². The monoisotopic (exact) mass is 390 g/mol. The molecule has 4 rings (SSSR count). The number of hydrogen-bond donors (Lipinski definition) is 2. The number of aliphatic hydroxyl groups is 1. The summed E-state index contributed by atoms with van der Waals surface area (Å²) in [6.07, 6.45) is 0. The average molecular weight is 390 g/mol. The van der Waals surface area contributed by atoms with E-state index in [2.05, 4.69) is 43.3 Å². The van der Waals surface area contributed by atoms with Crippen LogP contribution < -0.4 is 10.5 Å². The molecule has 1 aliphatic heterocycles. The molecule has 5 nitrogen and oxygen atoms in total. The molecule has 0 saturated carbocycles. The van der Waals surface area contributed by atoms with Crippen molar-refractivity contribution in [3.8, 4) is 16.9 Å². The number of amidine groups is 1. The molecule has 3 N–H and O–H groups in total. The van der Waals surface area contributed by atoms with Gasteiger partial charge in [0.1, 0.15) is 12.4 Å². The van der Waals surface area contributed by atoms with E-state index in [1.165, 1.54) is 5.56 Å². The van der Waals surface area contributed by atoms with Crippen LogP contribution in [0.3, 0.4) is 0 Å². The van der Waals surface area contributed by atoms with Crippen LogP contribution >= 0.6 is 0 Å². The van der Waals surface area contributed by atoms with Crippen molar-refractivity contribution < 1.29 is 14.6 Å². The second-order valence-electron chi connectivity index (χ2n) is 6.73. The van der Waals surface area contributed by atoms with Crippen LogP contribution in [-0.4, -0.2) is 32.0 Å². The molecule has 1 heterocycles. The summed E-state index contributed by atoms with van der Waals surface area (Å²) in [4.78, 5) is 4.71. The van der Waals surface area contributed by atoms with E-state index in [0.717, 1.165) is 35.1 Å². The van der Waals surface area contributed by atoms with Crippen molar-refractivity contribution in [1.82, 2.24) is 0 Å². The van der Waals surface area contributed by atoms with Gasteiger partial charge in [0.2, 0.25) is 0 Å². The number of rotatable bonds is 4. The fourth-order valence-electron chi connectivity index (χ4n) is 3.59. The topological polar surface area (TPSA) is 77.1 Å². The highest BCUT2D eigenvalue weighted by Crippen LogP contribution is 2.39. The minimum absolute atomic E-state index is 0.224. The minimum Gasteiger partial charge on any atom is -0.497 e. The first-order chi connectivity index (χ1) is 14.1. The van der Waals surface area contributed by atoms with Gasteiger partial charge >= 0.3 is 0 Å². The van der Waals surface area contributed by atoms with Gasteiger partial charge in [0.25, 0.3) is 6.02 Å². The lowest BCUT2D eigenvalue weighted by Crippen LogP contribution is -2.27. The van der Waals surface area contributed by atoms with Crippen molar-refractivity contribution in [2.24, 2.45) is 10.7 Å². The lowest BCUT2D eigenvalue weighted by Gasteiger charge is -2.26. The van der Waals surface area contributed by atoms with Crippen LogP contribution in [0.2, 0.25) is 0 Å². The molecule has 0 radical (unpaired) electrons. The van der Waals surface area contributed by atoms with E-state index in [4.69, 9.17) is 25.3 Å². The van der Waals surface area contributed by atoms with E-state index in [-0.39, 0.29) is 6.02 Å². The number of aliphatic hydroxyl groups excluding tert-OH is 1. The third kappa shape index (κ3) is 3.96. The third-order valence-corrected chi connectivity index (χ3v) is 5.08. The number of aliphatic imine (C=N–C) groups is 1. The van der Waals surface area contributed by atoms with Gasteiger partial charge in [0, 0.05) is 7.11 Å². The predicted octanol–water partition coefficient (Wildman–Crippen LogP) is 3.87. The van der Waals surface area contributed by atoms with Crippen molar-refractivity contribution in [3.05, 3.63) is 89.5 Å². The van der Waals surface area contributed by atoms with Crippen LogP contribution in [-0.2, 0) is 10.3 Å². The Kier molecular flexibility index (Phi) is 6.20. The Hall–Kier alpha value is -3.31. The molecule has 0 aromatic heterocycles. The molecule has 0 spiro atoms. The smallest absolute Gasteiger partial charge is 0.283 e. The molecule has 3 aromatic carbocycles. The summed E-state index contributed by atoms with van der Waals surface area (Å²) in [6, 6.07) is 24.9. The van der Waals surface area contributed by atoms with E-state index in [1.807, 2.05) is 36.4 Å². The molecular weight excluding hydrogens is 364 g/mol. The first kappa shape index (κ1) is 20.4. The first-order valence-corrected chi connectivity index (χ1v) is 9.36. The molecule has 0 bridgehead atoms. The van der Waals surface area contributed by atoms with Crippen LogP contribution in [0.5, 0.6) is 5.75 Å². The Labute approximate surface area is 171 Å². The lowest BCUT2D eigenvalue weighted by atomic mass is 9.82. The molecule has 29 heavy (non-hydrogen) atoms. The number of nitrogens with zero attached hydrogens (tertiary/aromatic N) is 1. The lowest BCUT2D eigenvalue weighted by molar-refractivity contribution is 0.278. The van der Waals surface area contributed by atoms with Gasteiger partial charge in [-0.05, 0) is 52.9 Å². The number of aryl methyl sites for hydroxylation is 1. The first-order valence-electron chi connectivity index (χ1n) is 9.36. The second-order valence-corrected chi connectivity index (χ2v) is 6.73. The number of methoxy groups -OCH3 is 1. The maximum Gasteiger partial charge on any atom is 0.283 e. The Balaban J connectivity index is 0.00000117. The van der Waals surface area contributed by atoms with Crippen LogP contribution in [0.4, 0.5) is 0 Å². The fraction of sp³-hybridized carbons (Fsp3) is 0.208. The fourth-order valence-corrected chi connectivity index (χ4v) is 3.59. The van der Waals surface area contributed by atoms with Gasteiger partial charge in [-0.3, -0.25) is 0 Å². The molecule has 0 aliphatic carbocycles. The normalized spacial score (nSPS) is 17.6. The summed E-state index contributed by atoms with van der Waals surface area (Å²) in [5.41, 5.74) is 10.8. The summed E-state index contributed by atoms with van der Waals surface area (Å²) in [5, 5.41) is 7.00. The van der Waals surface area contributed by atoms with Crippen LogP contribution in [0, 0.1) is 6.92 Å². The van der Waals surface area contributed by atoms with Gasteiger partial charge in [0.15, 0.2) is 5.54 Å². The van der Waals surface area contributed by atoms with Crippen LogP contribution in [0.15, 0.2) is 77.8 Å². The molecule has 1 unspecified atom stereocenters. The van der Waals surface area contributed by atoms with E-state index in [1.54, 1.807) is 7.11 Å². The zero-order chi connectivity index (χ0) is 20.9. The van der Waals surface area contributed by atoms with E-state index in [0.29, 0.717) is 6.61 Å². The molecular formula is C24H26N2O3. The van der Waals surface area contributed by atoms with E-state index < -0.39 is 5.54 Å². The van der Waals surface area contributed by atoms with Gasteiger partial charge < -0.3 is 20.3 Å². The number of ether oxygens (including phenoxy) is 2. The van der Waals surface area contributed by atoms with Gasteiger partial charge in [-0.1, -0.05) is 54.6 Å². The maximum absolute atomic E-state index is 7.00. The predicted molar refractivity (Wildman–Crippen MR) is 116 cm³/mol. The molecule has 5 heteroatoms. The standard InChI is InChI=1S/C23H22N2O2.CH4O/c1-16-11-12-19(14-21(16)17-7-6-10-20(13-17)26-2)23(15-27-22(24)25-23)18-8-4-3-5-9-18;1-2/h3-14H,15H2,1-2H3,(H2,24,25);2H,1H3. The summed E-state index contributed by atoms with van der Waals surface area (Å²) < 4.78 is 11.0. The SMILES string of the molecule is CO.COc1cccc(-c2cc(C3(c4ccccc4)COC(N)=N3)ccc2C)c1.